The molecule has 3 aromatic rings. The zero-order valence-corrected chi connectivity index (χ0v) is 27.9. The van der Waals surface area contributed by atoms with Gasteiger partial charge in [0.15, 0.2) is 20.3 Å². The van der Waals surface area contributed by atoms with Gasteiger partial charge in [0.1, 0.15) is 24.1 Å². The number of rotatable bonds is 9. The lowest BCUT2D eigenvalue weighted by Gasteiger charge is -2.37. The molecule has 13 heteroatoms. The topological polar surface area (TPSA) is 133 Å². The molecule has 2 aliphatic rings. The van der Waals surface area contributed by atoms with Crippen molar-refractivity contribution in [2.75, 3.05) is 13.7 Å². The third-order valence-electron chi connectivity index (χ3n) is 8.89. The summed E-state index contributed by atoms with van der Waals surface area (Å²) in [5.74, 6) is -0.310. The van der Waals surface area contributed by atoms with E-state index in [-0.39, 0.29) is 29.6 Å². The van der Waals surface area contributed by atoms with Crippen LogP contribution < -0.4 is 16.0 Å². The summed E-state index contributed by atoms with van der Waals surface area (Å²) in [6.07, 6.45) is -2.79. The molecular formula is C32H41N3O9Si. The minimum Gasteiger partial charge on any atom is -0.497 e. The maximum Gasteiger partial charge on any atom is 0.334 e. The zero-order valence-electron chi connectivity index (χ0n) is 26.9. The molecule has 0 unspecified atom stereocenters. The van der Waals surface area contributed by atoms with Crippen LogP contribution in [0.15, 0.2) is 64.2 Å². The Morgan fingerprint density at radius 1 is 1.00 bits per heavy atom. The van der Waals surface area contributed by atoms with Gasteiger partial charge in [-0.1, -0.05) is 32.9 Å². The molecule has 2 aliphatic heterocycles. The minimum absolute atomic E-state index is 0.00375. The summed E-state index contributed by atoms with van der Waals surface area (Å²) in [6, 6.07) is 14.1. The van der Waals surface area contributed by atoms with Gasteiger partial charge in [-0.3, -0.25) is 24.0 Å². The molecule has 3 heterocycles. The number of benzene rings is 2. The Balaban J connectivity index is 1.61. The Labute approximate surface area is 262 Å². The quantitative estimate of drug-likeness (QED) is 0.179. The molecule has 0 radical (unpaired) electrons. The van der Waals surface area contributed by atoms with Crippen LogP contribution in [0.25, 0.3) is 11.3 Å². The molecule has 1 aromatic heterocycles. The number of aromatic nitrogens is 2. The summed E-state index contributed by atoms with van der Waals surface area (Å²) in [7, 11) is -0.603. The average Bonchev–Trinajstić information content (AvgIpc) is 3.46. The highest BCUT2D eigenvalue weighted by Gasteiger charge is 2.57. The molecule has 0 bridgehead atoms. The summed E-state index contributed by atoms with van der Waals surface area (Å²) in [5, 5.41) is 11.3. The van der Waals surface area contributed by atoms with Gasteiger partial charge in [0.2, 0.25) is 0 Å². The van der Waals surface area contributed by atoms with Crippen LogP contribution in [0.2, 0.25) is 18.1 Å². The van der Waals surface area contributed by atoms with Crippen LogP contribution in [0.4, 0.5) is 5.69 Å². The van der Waals surface area contributed by atoms with Gasteiger partial charge in [-0.25, -0.2) is 4.79 Å². The highest BCUT2D eigenvalue weighted by Crippen LogP contribution is 2.45. The standard InChI is InChI=1S/C32H41N3O9Si/c1-31(2,3)45(7,8)41-19-25-27-28(44-32(4,5)43-27)29(42-25)34-24(21-11-13-22(14-12-21)35(38)39)17-26(36)33(30(34)37)18-20-9-15-23(40-6)16-10-20/h9-17,25,27-29H,18-19H2,1-8H3/t25-,27-,28-,29-/m1/s1. The van der Waals surface area contributed by atoms with Gasteiger partial charge in [0, 0.05) is 18.2 Å². The second-order valence-electron chi connectivity index (χ2n) is 13.5. The Kier molecular flexibility index (Phi) is 8.70. The van der Waals surface area contributed by atoms with Crippen molar-refractivity contribution in [2.45, 2.75) is 89.6 Å². The van der Waals surface area contributed by atoms with Crippen LogP contribution in [0.5, 0.6) is 5.75 Å². The number of nitro groups is 1. The lowest BCUT2D eigenvalue weighted by Crippen LogP contribution is -2.44. The SMILES string of the molecule is COc1ccc(Cn2c(=O)cc(-c3ccc([N+](=O)[O-])cc3)n([C@@H]3O[C@H](CO[Si](C)(C)C(C)(C)C)[C@H]4OC(C)(C)O[C@H]43)c2=O)cc1. The fraction of sp³-hybridized carbons (Fsp3) is 0.500. The van der Waals surface area contributed by atoms with Crippen molar-refractivity contribution in [3.63, 3.8) is 0 Å². The fourth-order valence-electron chi connectivity index (χ4n) is 5.38. The second kappa shape index (κ2) is 12.0. The Morgan fingerprint density at radius 3 is 2.20 bits per heavy atom. The van der Waals surface area contributed by atoms with Gasteiger partial charge in [-0.15, -0.1) is 0 Å². The molecule has 0 spiro atoms. The minimum atomic E-state index is -2.16. The van der Waals surface area contributed by atoms with E-state index in [2.05, 4.69) is 33.9 Å². The first kappa shape index (κ1) is 32.8. The fourth-order valence-corrected chi connectivity index (χ4v) is 6.40. The van der Waals surface area contributed by atoms with Gasteiger partial charge in [0.05, 0.1) is 30.9 Å². The van der Waals surface area contributed by atoms with E-state index in [1.807, 2.05) is 0 Å². The molecule has 45 heavy (non-hydrogen) atoms. The van der Waals surface area contributed by atoms with Gasteiger partial charge in [-0.05, 0) is 67.4 Å². The van der Waals surface area contributed by atoms with E-state index in [4.69, 9.17) is 23.4 Å². The molecular weight excluding hydrogens is 598 g/mol. The Bertz CT molecular complexity index is 1670. The van der Waals surface area contributed by atoms with Crippen molar-refractivity contribution in [2.24, 2.45) is 0 Å². The highest BCUT2D eigenvalue weighted by atomic mass is 28.4. The van der Waals surface area contributed by atoms with Crippen LogP contribution in [0.3, 0.4) is 0 Å². The predicted molar refractivity (Wildman–Crippen MR) is 170 cm³/mol. The van der Waals surface area contributed by atoms with Crippen molar-refractivity contribution in [1.29, 1.82) is 0 Å². The zero-order chi connectivity index (χ0) is 32.9. The third kappa shape index (κ3) is 6.54. The van der Waals surface area contributed by atoms with Crippen molar-refractivity contribution in [3.8, 4) is 17.0 Å². The number of hydrogen-bond acceptors (Lipinski definition) is 9. The summed E-state index contributed by atoms with van der Waals surface area (Å²) in [6.45, 7) is 14.6. The predicted octanol–water partition coefficient (Wildman–Crippen LogP) is 5.08. The lowest BCUT2D eigenvalue weighted by molar-refractivity contribution is -0.384. The number of hydrogen-bond donors (Lipinski definition) is 0. The van der Waals surface area contributed by atoms with E-state index >= 15 is 0 Å². The number of ether oxygens (including phenoxy) is 4. The molecule has 2 fully saturated rings. The molecule has 4 atom stereocenters. The average molecular weight is 640 g/mol. The molecule has 0 saturated carbocycles. The molecule has 2 saturated heterocycles. The molecule has 0 N–H and O–H groups in total. The van der Waals surface area contributed by atoms with E-state index in [1.54, 1.807) is 45.2 Å². The maximum atomic E-state index is 14.4. The van der Waals surface area contributed by atoms with Crippen LogP contribution in [0.1, 0.15) is 46.4 Å². The van der Waals surface area contributed by atoms with Crippen molar-refractivity contribution in [1.82, 2.24) is 9.13 Å². The van der Waals surface area contributed by atoms with Crippen molar-refractivity contribution in [3.05, 3.63) is 91.1 Å². The summed E-state index contributed by atoms with van der Waals surface area (Å²) < 4.78 is 33.5. The van der Waals surface area contributed by atoms with Crippen molar-refractivity contribution >= 4 is 14.0 Å². The second-order valence-corrected chi connectivity index (χ2v) is 18.3. The van der Waals surface area contributed by atoms with Crippen molar-refractivity contribution < 1.29 is 28.3 Å². The van der Waals surface area contributed by atoms with E-state index in [9.17, 15) is 19.7 Å². The number of methoxy groups -OCH3 is 1. The van der Waals surface area contributed by atoms with Gasteiger partial charge in [-0.2, -0.15) is 0 Å². The van der Waals surface area contributed by atoms with Crippen LogP contribution in [0, 0.1) is 10.1 Å². The smallest absolute Gasteiger partial charge is 0.334 e. The summed E-state index contributed by atoms with van der Waals surface area (Å²) in [4.78, 5) is 38.7. The van der Waals surface area contributed by atoms with E-state index < -0.39 is 54.8 Å². The first-order valence-corrected chi connectivity index (χ1v) is 17.8. The molecule has 12 nitrogen and oxygen atoms in total. The summed E-state index contributed by atoms with van der Waals surface area (Å²) >= 11 is 0. The highest BCUT2D eigenvalue weighted by molar-refractivity contribution is 6.74. The van der Waals surface area contributed by atoms with E-state index in [0.717, 1.165) is 10.1 Å². The van der Waals surface area contributed by atoms with Gasteiger partial charge >= 0.3 is 5.69 Å². The molecule has 0 amide bonds. The van der Waals surface area contributed by atoms with E-state index in [0.29, 0.717) is 11.3 Å². The molecule has 2 aromatic carbocycles. The molecule has 242 valence electrons. The molecule has 0 aliphatic carbocycles. The Morgan fingerprint density at radius 2 is 1.62 bits per heavy atom. The maximum absolute atomic E-state index is 14.4. The number of non-ortho nitro benzene ring substituents is 1. The first-order valence-electron chi connectivity index (χ1n) is 14.9. The first-order chi connectivity index (χ1) is 21.0. The van der Waals surface area contributed by atoms with Gasteiger partial charge in [0.25, 0.3) is 11.2 Å². The van der Waals surface area contributed by atoms with E-state index in [1.165, 1.54) is 34.9 Å². The number of nitrogens with zero attached hydrogens (tertiary/aromatic N) is 3. The monoisotopic (exact) mass is 639 g/mol. The normalized spacial score (nSPS) is 22.8. The lowest BCUT2D eigenvalue weighted by atomic mass is 10.1. The largest absolute Gasteiger partial charge is 0.497 e. The third-order valence-corrected chi connectivity index (χ3v) is 13.4. The number of nitro benzene ring substituents is 1. The summed E-state index contributed by atoms with van der Waals surface area (Å²) in [5.41, 5.74) is 0.137. The Hall–Kier alpha value is -3.62. The van der Waals surface area contributed by atoms with Crippen LogP contribution >= 0.6 is 0 Å². The molecule has 5 rings (SSSR count). The van der Waals surface area contributed by atoms with Crippen LogP contribution in [-0.2, 0) is 25.2 Å². The van der Waals surface area contributed by atoms with Crippen LogP contribution in [-0.4, -0.2) is 60.2 Å². The van der Waals surface area contributed by atoms with Gasteiger partial charge < -0.3 is 23.4 Å². The number of fused-ring (bicyclic) bond motifs is 1.